The first-order chi connectivity index (χ1) is 15.3. The number of aryl methyl sites for hydroxylation is 2. The lowest BCUT2D eigenvalue weighted by molar-refractivity contribution is 0.104. The average Bonchev–Trinajstić information content (AvgIpc) is 3.24. The van der Waals surface area contributed by atoms with E-state index in [1.807, 2.05) is 32.0 Å². The van der Waals surface area contributed by atoms with Crippen LogP contribution in [0.1, 0.15) is 26.4 Å². The van der Waals surface area contributed by atoms with Crippen molar-refractivity contribution < 1.29 is 13.2 Å². The van der Waals surface area contributed by atoms with E-state index in [4.69, 9.17) is 0 Å². The molecule has 0 amide bonds. The van der Waals surface area contributed by atoms with Crippen LogP contribution in [0.4, 0.5) is 16.5 Å². The summed E-state index contributed by atoms with van der Waals surface area (Å²) in [5, 5.41) is 3.69. The Morgan fingerprint density at radius 3 is 2.44 bits per heavy atom. The second kappa shape index (κ2) is 8.94. The van der Waals surface area contributed by atoms with Gasteiger partial charge in [0.1, 0.15) is 0 Å². The minimum absolute atomic E-state index is 0.0684. The first-order valence-electron chi connectivity index (χ1n) is 9.84. The number of benzene rings is 3. The van der Waals surface area contributed by atoms with E-state index in [0.29, 0.717) is 26.9 Å². The summed E-state index contributed by atoms with van der Waals surface area (Å²) in [6.07, 6.45) is 1.55. The van der Waals surface area contributed by atoms with Gasteiger partial charge in [0.25, 0.3) is 10.0 Å². The highest BCUT2D eigenvalue weighted by molar-refractivity contribution is 7.92. The van der Waals surface area contributed by atoms with Crippen LogP contribution in [0.25, 0.3) is 0 Å². The van der Waals surface area contributed by atoms with Crippen LogP contribution in [0.5, 0.6) is 0 Å². The van der Waals surface area contributed by atoms with Crippen molar-refractivity contribution >= 4 is 43.6 Å². The topological polar surface area (TPSA) is 88.2 Å². The van der Waals surface area contributed by atoms with Crippen LogP contribution in [-0.2, 0) is 10.0 Å². The van der Waals surface area contributed by atoms with Crippen LogP contribution in [0.2, 0.25) is 0 Å². The van der Waals surface area contributed by atoms with Crippen molar-refractivity contribution in [3.63, 3.8) is 0 Å². The van der Waals surface area contributed by atoms with Gasteiger partial charge in [-0.2, -0.15) is 0 Å². The molecule has 1 heterocycles. The molecule has 0 fully saturated rings. The van der Waals surface area contributed by atoms with Gasteiger partial charge >= 0.3 is 0 Å². The molecule has 32 heavy (non-hydrogen) atoms. The lowest BCUT2D eigenvalue weighted by Crippen LogP contribution is -2.12. The van der Waals surface area contributed by atoms with E-state index >= 15 is 0 Å². The first-order valence-corrected chi connectivity index (χ1v) is 12.1. The molecule has 0 spiro atoms. The highest BCUT2D eigenvalue weighted by Gasteiger charge is 2.16. The molecule has 4 rings (SSSR count). The van der Waals surface area contributed by atoms with Crippen molar-refractivity contribution in [2.45, 2.75) is 18.7 Å². The van der Waals surface area contributed by atoms with Crippen molar-refractivity contribution in [1.82, 2.24) is 4.98 Å². The molecule has 0 unspecified atom stereocenters. The summed E-state index contributed by atoms with van der Waals surface area (Å²) < 4.78 is 27.7. The van der Waals surface area contributed by atoms with Gasteiger partial charge in [-0.3, -0.25) is 9.52 Å². The summed E-state index contributed by atoms with van der Waals surface area (Å²) in [6, 6.07) is 20.9. The fraction of sp³-hybridized carbons (Fsp3) is 0.0833. The summed E-state index contributed by atoms with van der Waals surface area (Å²) in [5.74, 6) is -0.0684. The van der Waals surface area contributed by atoms with E-state index in [0.717, 1.165) is 11.1 Å². The molecule has 0 aliphatic heterocycles. The molecule has 4 aromatic rings. The predicted molar refractivity (Wildman–Crippen MR) is 128 cm³/mol. The van der Waals surface area contributed by atoms with E-state index in [1.54, 1.807) is 48.7 Å². The maximum Gasteiger partial charge on any atom is 0.261 e. The molecule has 8 heteroatoms. The molecular formula is C24H21N3O3S2. The second-order valence-electron chi connectivity index (χ2n) is 7.30. The van der Waals surface area contributed by atoms with Crippen molar-refractivity contribution in [1.29, 1.82) is 0 Å². The van der Waals surface area contributed by atoms with Crippen LogP contribution in [0, 0.1) is 13.8 Å². The van der Waals surface area contributed by atoms with Crippen LogP contribution >= 0.6 is 11.3 Å². The van der Waals surface area contributed by atoms with Crippen LogP contribution in [-0.4, -0.2) is 19.2 Å². The van der Waals surface area contributed by atoms with Gasteiger partial charge in [0.15, 0.2) is 5.13 Å². The minimum Gasteiger partial charge on any atom is -0.331 e. The Labute approximate surface area is 191 Å². The molecule has 0 saturated carbocycles. The largest absolute Gasteiger partial charge is 0.331 e. The molecule has 0 saturated heterocycles. The van der Waals surface area contributed by atoms with Crippen molar-refractivity contribution in [3.8, 4) is 0 Å². The zero-order chi connectivity index (χ0) is 22.7. The minimum atomic E-state index is -3.68. The molecule has 0 radical (unpaired) electrons. The fourth-order valence-corrected chi connectivity index (χ4v) is 5.01. The van der Waals surface area contributed by atoms with Crippen molar-refractivity contribution in [2.75, 3.05) is 10.0 Å². The Hall–Kier alpha value is -3.49. The summed E-state index contributed by atoms with van der Waals surface area (Å²) in [5.41, 5.74) is 3.68. The van der Waals surface area contributed by atoms with Gasteiger partial charge in [0.2, 0.25) is 5.78 Å². The molecule has 0 atom stereocenters. The van der Waals surface area contributed by atoms with E-state index in [-0.39, 0.29) is 10.7 Å². The molecule has 0 aliphatic carbocycles. The number of rotatable bonds is 7. The first kappa shape index (κ1) is 21.7. The number of thiazole rings is 1. The second-order valence-corrected chi connectivity index (χ2v) is 10.0. The third kappa shape index (κ3) is 4.87. The summed E-state index contributed by atoms with van der Waals surface area (Å²) in [7, 11) is -3.68. The van der Waals surface area contributed by atoms with Gasteiger partial charge < -0.3 is 5.32 Å². The van der Waals surface area contributed by atoms with Crippen molar-refractivity contribution in [2.24, 2.45) is 0 Å². The zero-order valence-corrected chi connectivity index (χ0v) is 19.1. The number of anilines is 3. The normalized spacial score (nSPS) is 11.2. The SMILES string of the molecule is Cc1ccc(C)c(C(=O)c2cnc(Nc3cccc(NS(=O)(=O)c4ccccc4)c3)s2)c1. The molecule has 0 bridgehead atoms. The standard InChI is InChI=1S/C24H21N3O3S2/c1-16-11-12-17(2)21(13-16)23(28)22-15-25-24(31-22)26-18-7-6-8-19(14-18)27-32(29,30)20-9-4-3-5-10-20/h3-15,27H,1-2H3,(H,25,26). The summed E-state index contributed by atoms with van der Waals surface area (Å²) in [4.78, 5) is 17.9. The van der Waals surface area contributed by atoms with E-state index in [9.17, 15) is 13.2 Å². The van der Waals surface area contributed by atoms with Gasteiger partial charge in [-0.25, -0.2) is 13.4 Å². The fourth-order valence-electron chi connectivity index (χ4n) is 3.15. The highest BCUT2D eigenvalue weighted by atomic mass is 32.2. The molecule has 0 aliphatic rings. The average molecular weight is 464 g/mol. The molecule has 3 aromatic carbocycles. The number of carbonyl (C=O) groups is 1. The molecule has 6 nitrogen and oxygen atoms in total. The quantitative estimate of drug-likeness (QED) is 0.352. The highest BCUT2D eigenvalue weighted by Crippen LogP contribution is 2.27. The smallest absolute Gasteiger partial charge is 0.261 e. The van der Waals surface area contributed by atoms with Gasteiger partial charge in [0.05, 0.1) is 21.7 Å². The lowest BCUT2D eigenvalue weighted by Gasteiger charge is -2.10. The summed E-state index contributed by atoms with van der Waals surface area (Å²) >= 11 is 1.25. The van der Waals surface area contributed by atoms with Gasteiger partial charge in [0, 0.05) is 11.3 Å². The number of sulfonamides is 1. The number of ketones is 1. The third-order valence-electron chi connectivity index (χ3n) is 4.79. The number of nitrogens with one attached hydrogen (secondary N) is 2. The number of carbonyl (C=O) groups excluding carboxylic acids is 1. The Morgan fingerprint density at radius 1 is 0.906 bits per heavy atom. The number of aromatic nitrogens is 1. The van der Waals surface area contributed by atoms with E-state index in [1.165, 1.54) is 23.5 Å². The predicted octanol–water partition coefficient (Wildman–Crippen LogP) is 5.54. The maximum absolute atomic E-state index is 12.9. The van der Waals surface area contributed by atoms with E-state index in [2.05, 4.69) is 15.0 Å². The van der Waals surface area contributed by atoms with Crippen LogP contribution < -0.4 is 10.0 Å². The number of hydrogen-bond acceptors (Lipinski definition) is 6. The Bertz CT molecular complexity index is 1380. The van der Waals surface area contributed by atoms with Gasteiger partial charge in [-0.05, 0) is 55.8 Å². The van der Waals surface area contributed by atoms with Gasteiger partial charge in [-0.15, -0.1) is 0 Å². The van der Waals surface area contributed by atoms with Crippen molar-refractivity contribution in [3.05, 3.63) is 101 Å². The Morgan fingerprint density at radius 2 is 1.66 bits per heavy atom. The van der Waals surface area contributed by atoms with E-state index < -0.39 is 10.0 Å². The number of hydrogen-bond donors (Lipinski definition) is 2. The lowest BCUT2D eigenvalue weighted by atomic mass is 10.0. The molecule has 162 valence electrons. The Balaban J connectivity index is 1.51. The third-order valence-corrected chi connectivity index (χ3v) is 7.10. The molecule has 2 N–H and O–H groups in total. The monoisotopic (exact) mass is 463 g/mol. The van der Waals surface area contributed by atoms with Gasteiger partial charge in [-0.1, -0.05) is 53.3 Å². The number of nitrogens with zero attached hydrogens (tertiary/aromatic N) is 1. The molecule has 1 aromatic heterocycles. The zero-order valence-electron chi connectivity index (χ0n) is 17.5. The molecular weight excluding hydrogens is 442 g/mol. The summed E-state index contributed by atoms with van der Waals surface area (Å²) in [6.45, 7) is 3.86. The van der Waals surface area contributed by atoms with Crippen LogP contribution in [0.15, 0.2) is 83.9 Å². The van der Waals surface area contributed by atoms with Crippen LogP contribution in [0.3, 0.4) is 0 Å². The Kier molecular flexibility index (Phi) is 6.07. The maximum atomic E-state index is 12.9.